The second-order valence-electron chi connectivity index (χ2n) is 3.18. The van der Waals surface area contributed by atoms with Crippen LogP contribution in [-0.4, -0.2) is 12.6 Å². The molecular weight excluding hydrogens is 224 g/mol. The van der Waals surface area contributed by atoms with Gasteiger partial charge in [0.05, 0.1) is 12.2 Å². The Bertz CT molecular complexity index is 414. The van der Waals surface area contributed by atoms with Crippen molar-refractivity contribution in [3.63, 3.8) is 0 Å². The van der Waals surface area contributed by atoms with Crippen LogP contribution in [0, 0.1) is 0 Å². The molecule has 0 fully saturated rings. The topological polar surface area (TPSA) is 26.3 Å². The highest BCUT2D eigenvalue weighted by molar-refractivity contribution is 6.30. The summed E-state index contributed by atoms with van der Waals surface area (Å²) >= 11 is 5.77. The van der Waals surface area contributed by atoms with E-state index in [0.29, 0.717) is 23.6 Å². The summed E-state index contributed by atoms with van der Waals surface area (Å²) in [5.74, 6) is -0.368. The van der Waals surface area contributed by atoms with Gasteiger partial charge in [-0.1, -0.05) is 30.3 Å². The number of carbonyl (C=O) groups excluding carboxylic acids is 1. The third kappa shape index (κ3) is 3.58. The van der Waals surface area contributed by atoms with E-state index in [0.717, 1.165) is 5.56 Å². The first kappa shape index (κ1) is 12.6. The van der Waals surface area contributed by atoms with E-state index in [2.05, 4.69) is 12.3 Å². The van der Waals surface area contributed by atoms with E-state index in [1.165, 1.54) is 0 Å². The smallest absolute Gasteiger partial charge is 0.342 e. The van der Waals surface area contributed by atoms with Crippen LogP contribution in [0.4, 0.5) is 0 Å². The minimum absolute atomic E-state index is 0.352. The molecule has 0 aliphatic rings. The molecule has 0 radical (unpaired) electrons. The molecule has 0 aliphatic carbocycles. The van der Waals surface area contributed by atoms with Gasteiger partial charge in [0.1, 0.15) is 0 Å². The van der Waals surface area contributed by atoms with E-state index in [-0.39, 0.29) is 5.97 Å². The molecule has 0 saturated heterocycles. The molecule has 0 saturated carbocycles. The molecule has 0 amide bonds. The van der Waals surface area contributed by atoms with E-state index in [4.69, 9.17) is 16.3 Å². The summed E-state index contributed by atoms with van der Waals surface area (Å²) in [7, 11) is 0. The molecule has 2 nitrogen and oxygen atoms in total. The number of carbonyl (C=O) groups is 1. The second-order valence-corrected chi connectivity index (χ2v) is 3.62. The third-order valence-corrected chi connectivity index (χ3v) is 2.28. The average Bonchev–Trinajstić information content (AvgIpc) is 2.28. The van der Waals surface area contributed by atoms with Gasteiger partial charge in [0.25, 0.3) is 0 Å². The molecule has 1 rings (SSSR count). The molecule has 16 heavy (non-hydrogen) atoms. The van der Waals surface area contributed by atoms with Crippen LogP contribution >= 0.6 is 11.6 Å². The molecule has 0 unspecified atom stereocenters. The van der Waals surface area contributed by atoms with E-state index in [9.17, 15) is 4.79 Å². The SMILES string of the molecule is C=C=C(Cc1ccc(Cl)cc1)C(=O)OCC. The number of rotatable bonds is 4. The number of esters is 1. The van der Waals surface area contributed by atoms with Crippen molar-refractivity contribution in [2.24, 2.45) is 0 Å². The summed E-state index contributed by atoms with van der Waals surface area (Å²) in [5.41, 5.74) is 4.02. The van der Waals surface area contributed by atoms with Crippen LogP contribution in [0.5, 0.6) is 0 Å². The predicted octanol–water partition coefficient (Wildman–Crippen LogP) is 3.16. The maximum absolute atomic E-state index is 11.5. The van der Waals surface area contributed by atoms with Gasteiger partial charge in [0, 0.05) is 11.4 Å². The van der Waals surface area contributed by atoms with Crippen LogP contribution in [-0.2, 0) is 16.0 Å². The predicted molar refractivity (Wildman–Crippen MR) is 64.4 cm³/mol. The minimum atomic E-state index is -0.368. The summed E-state index contributed by atoms with van der Waals surface area (Å²) in [6, 6.07) is 7.28. The van der Waals surface area contributed by atoms with Crippen LogP contribution in [0.25, 0.3) is 0 Å². The van der Waals surface area contributed by atoms with Gasteiger partial charge < -0.3 is 4.74 Å². The minimum Gasteiger partial charge on any atom is -0.462 e. The third-order valence-electron chi connectivity index (χ3n) is 2.03. The summed E-state index contributed by atoms with van der Waals surface area (Å²) in [6.45, 7) is 5.61. The van der Waals surface area contributed by atoms with Crippen LogP contribution in [0.15, 0.2) is 42.1 Å². The Morgan fingerprint density at radius 3 is 2.56 bits per heavy atom. The van der Waals surface area contributed by atoms with Crippen molar-refractivity contribution in [1.82, 2.24) is 0 Å². The molecule has 3 heteroatoms. The largest absolute Gasteiger partial charge is 0.462 e. The second kappa shape index (κ2) is 6.16. The molecule has 0 aromatic heterocycles. The maximum Gasteiger partial charge on any atom is 0.342 e. The van der Waals surface area contributed by atoms with Crippen LogP contribution in [0.1, 0.15) is 12.5 Å². The monoisotopic (exact) mass is 236 g/mol. The van der Waals surface area contributed by atoms with Crippen LogP contribution < -0.4 is 0 Å². The van der Waals surface area contributed by atoms with Gasteiger partial charge in [-0.05, 0) is 24.6 Å². The van der Waals surface area contributed by atoms with Crippen molar-refractivity contribution in [2.45, 2.75) is 13.3 Å². The Kier molecular flexibility index (Phi) is 4.84. The Hall–Kier alpha value is -1.50. The normalized spacial score (nSPS) is 9.38. The summed E-state index contributed by atoms with van der Waals surface area (Å²) in [5, 5.41) is 0.670. The quantitative estimate of drug-likeness (QED) is 0.456. The Morgan fingerprint density at radius 2 is 2.06 bits per heavy atom. The van der Waals surface area contributed by atoms with Crippen molar-refractivity contribution < 1.29 is 9.53 Å². The maximum atomic E-state index is 11.5. The highest BCUT2D eigenvalue weighted by atomic mass is 35.5. The Balaban J connectivity index is 2.75. The van der Waals surface area contributed by atoms with Crippen molar-refractivity contribution >= 4 is 17.6 Å². The number of hydrogen-bond acceptors (Lipinski definition) is 2. The van der Waals surface area contributed by atoms with Gasteiger partial charge in [-0.2, -0.15) is 0 Å². The van der Waals surface area contributed by atoms with Gasteiger partial charge in [0.15, 0.2) is 0 Å². The van der Waals surface area contributed by atoms with Crippen LogP contribution in [0.2, 0.25) is 5.02 Å². The highest BCUT2D eigenvalue weighted by Crippen LogP contribution is 2.13. The zero-order chi connectivity index (χ0) is 12.0. The highest BCUT2D eigenvalue weighted by Gasteiger charge is 2.10. The zero-order valence-electron chi connectivity index (χ0n) is 9.13. The molecule has 1 aromatic rings. The lowest BCUT2D eigenvalue weighted by Crippen LogP contribution is -2.09. The van der Waals surface area contributed by atoms with Gasteiger partial charge >= 0.3 is 5.97 Å². The lowest BCUT2D eigenvalue weighted by molar-refractivity contribution is -0.138. The molecular formula is C13H13ClO2. The fourth-order valence-corrected chi connectivity index (χ4v) is 1.36. The van der Waals surface area contributed by atoms with Crippen molar-refractivity contribution in [3.05, 3.63) is 52.7 Å². The first-order valence-electron chi connectivity index (χ1n) is 4.98. The molecule has 84 valence electrons. The Labute approximate surface area is 100 Å². The summed E-state index contributed by atoms with van der Waals surface area (Å²) < 4.78 is 4.89. The summed E-state index contributed by atoms with van der Waals surface area (Å²) in [6.07, 6.45) is 0.458. The standard InChI is InChI=1S/C13H13ClO2/c1-3-11(13(15)16-4-2)9-10-5-7-12(14)8-6-10/h5-8H,1,4,9H2,2H3. The van der Waals surface area contributed by atoms with Gasteiger partial charge in [-0.15, -0.1) is 5.73 Å². The molecule has 0 heterocycles. The number of ether oxygens (including phenoxy) is 1. The first-order chi connectivity index (χ1) is 7.67. The van der Waals surface area contributed by atoms with E-state index in [1.54, 1.807) is 19.1 Å². The Morgan fingerprint density at radius 1 is 1.44 bits per heavy atom. The van der Waals surface area contributed by atoms with Crippen molar-refractivity contribution in [1.29, 1.82) is 0 Å². The lowest BCUT2D eigenvalue weighted by atomic mass is 10.1. The van der Waals surface area contributed by atoms with Gasteiger partial charge in [0.2, 0.25) is 0 Å². The molecule has 0 aliphatic heterocycles. The lowest BCUT2D eigenvalue weighted by Gasteiger charge is -2.04. The number of halogens is 1. The first-order valence-corrected chi connectivity index (χ1v) is 5.35. The molecule has 0 bridgehead atoms. The van der Waals surface area contributed by atoms with E-state index < -0.39 is 0 Å². The fourth-order valence-electron chi connectivity index (χ4n) is 1.23. The van der Waals surface area contributed by atoms with E-state index >= 15 is 0 Å². The molecule has 0 spiro atoms. The molecule has 0 N–H and O–H groups in total. The number of benzene rings is 1. The van der Waals surface area contributed by atoms with Gasteiger partial charge in [-0.3, -0.25) is 0 Å². The molecule has 0 atom stereocenters. The molecule has 1 aromatic carbocycles. The van der Waals surface area contributed by atoms with Crippen molar-refractivity contribution in [3.8, 4) is 0 Å². The zero-order valence-corrected chi connectivity index (χ0v) is 9.88. The van der Waals surface area contributed by atoms with Crippen molar-refractivity contribution in [2.75, 3.05) is 6.61 Å². The van der Waals surface area contributed by atoms with Gasteiger partial charge in [-0.25, -0.2) is 4.79 Å². The van der Waals surface area contributed by atoms with E-state index in [1.807, 2.05) is 12.1 Å². The van der Waals surface area contributed by atoms with Crippen LogP contribution in [0.3, 0.4) is 0 Å². The fraction of sp³-hybridized carbons (Fsp3) is 0.231. The average molecular weight is 237 g/mol. The summed E-state index contributed by atoms with van der Waals surface area (Å²) in [4.78, 5) is 11.5. The number of hydrogen-bond donors (Lipinski definition) is 0.